The minimum absolute atomic E-state index is 0.0328. The maximum Gasteiger partial charge on any atom is 0.269 e. The molecule has 1 heterocycles. The number of rotatable bonds is 7. The van der Waals surface area contributed by atoms with Gasteiger partial charge in [-0.2, -0.15) is 5.26 Å². The van der Waals surface area contributed by atoms with E-state index in [9.17, 15) is 9.59 Å². The van der Waals surface area contributed by atoms with Crippen molar-refractivity contribution in [2.75, 3.05) is 24.6 Å². The molecule has 2 rings (SSSR count). The lowest BCUT2D eigenvalue weighted by Crippen LogP contribution is -2.38. The molecule has 1 aromatic carbocycles. The number of nitriles is 1. The highest BCUT2D eigenvalue weighted by Gasteiger charge is 2.27. The normalized spacial score (nSPS) is 15.3. The van der Waals surface area contributed by atoms with Crippen LogP contribution < -0.4 is 11.6 Å². The predicted molar refractivity (Wildman–Crippen MR) is 102 cm³/mol. The number of carbonyl (C=O) groups excluding carboxylic acids is 2. The first-order chi connectivity index (χ1) is 12.4. The van der Waals surface area contributed by atoms with Gasteiger partial charge in [0, 0.05) is 18.8 Å². The molecule has 0 bridgehead atoms. The summed E-state index contributed by atoms with van der Waals surface area (Å²) in [6.45, 7) is 2.79. The Labute approximate surface area is 156 Å². The number of hydrogen-bond acceptors (Lipinski definition) is 7. The number of unbranched alkanes of at least 4 members (excludes halogenated alkanes) is 2. The molecule has 0 radical (unpaired) electrons. The number of hydrogen-bond donors (Lipinski definition) is 2. The second kappa shape index (κ2) is 9.22. The Kier molecular flexibility index (Phi) is 7.00. The van der Waals surface area contributed by atoms with Crippen LogP contribution in [0.3, 0.4) is 0 Å². The molecular formula is C17H22N6O2S. The summed E-state index contributed by atoms with van der Waals surface area (Å²) in [6, 6.07) is 5.26. The summed E-state index contributed by atoms with van der Waals surface area (Å²) in [4.78, 5) is 29.3. The number of amidine groups is 1. The average Bonchev–Trinajstić information content (AvgIpc) is 2.96. The second-order valence-corrected chi connectivity index (χ2v) is 6.92. The van der Waals surface area contributed by atoms with Crippen LogP contribution in [-0.2, 0) is 4.79 Å². The van der Waals surface area contributed by atoms with Gasteiger partial charge >= 0.3 is 0 Å². The van der Waals surface area contributed by atoms with Gasteiger partial charge in [-0.25, -0.2) is 5.84 Å². The van der Waals surface area contributed by atoms with Crippen LogP contribution in [0.2, 0.25) is 0 Å². The number of hydrazine groups is 1. The Balaban J connectivity index is 1.76. The highest BCUT2D eigenvalue weighted by Crippen LogP contribution is 2.20. The third-order valence-corrected chi connectivity index (χ3v) is 4.94. The van der Waals surface area contributed by atoms with Crippen molar-refractivity contribution in [3.8, 4) is 6.19 Å². The molecule has 4 N–H and O–H groups in total. The highest BCUT2D eigenvalue weighted by atomic mass is 32.2. The second-order valence-electron chi connectivity index (χ2n) is 5.98. The van der Waals surface area contributed by atoms with Crippen LogP contribution in [0.5, 0.6) is 0 Å². The summed E-state index contributed by atoms with van der Waals surface area (Å²) in [5.41, 5.74) is 7.61. The van der Waals surface area contributed by atoms with Gasteiger partial charge in [0.15, 0.2) is 5.17 Å². The van der Waals surface area contributed by atoms with Gasteiger partial charge in [0.2, 0.25) is 12.1 Å². The van der Waals surface area contributed by atoms with E-state index in [1.807, 2.05) is 13.0 Å². The molecule has 0 spiro atoms. The number of carbonyl (C=O) groups is 2. The molecule has 0 atom stereocenters. The number of benzene rings is 1. The molecule has 26 heavy (non-hydrogen) atoms. The first kappa shape index (κ1) is 19.8. The topological polar surface area (TPSA) is 129 Å². The minimum Gasteiger partial charge on any atom is -0.398 e. The number of nitrogen functional groups attached to an aromatic ring is 1. The Hall–Kier alpha value is -2.57. The van der Waals surface area contributed by atoms with Crippen LogP contribution in [-0.4, -0.2) is 45.7 Å². The van der Waals surface area contributed by atoms with Crippen molar-refractivity contribution in [3.05, 3.63) is 29.3 Å². The molecule has 2 amide bonds. The third-order valence-electron chi connectivity index (χ3n) is 3.98. The van der Waals surface area contributed by atoms with Crippen LogP contribution in [0.25, 0.3) is 0 Å². The molecule has 0 aliphatic carbocycles. The van der Waals surface area contributed by atoms with Crippen LogP contribution in [0, 0.1) is 18.4 Å². The van der Waals surface area contributed by atoms with Gasteiger partial charge in [-0.3, -0.25) is 19.5 Å². The molecule has 1 aromatic rings. The van der Waals surface area contributed by atoms with Gasteiger partial charge in [0.25, 0.3) is 5.91 Å². The largest absolute Gasteiger partial charge is 0.398 e. The maximum atomic E-state index is 12.4. The molecule has 1 aliphatic heterocycles. The van der Waals surface area contributed by atoms with Crippen molar-refractivity contribution in [3.63, 3.8) is 0 Å². The van der Waals surface area contributed by atoms with Crippen molar-refractivity contribution in [1.29, 1.82) is 5.26 Å². The summed E-state index contributed by atoms with van der Waals surface area (Å²) >= 11 is 1.27. The molecule has 138 valence electrons. The van der Waals surface area contributed by atoms with Gasteiger partial charge in [0.1, 0.15) is 0 Å². The number of aliphatic imine (C=N–C) groups is 1. The molecule has 0 saturated carbocycles. The first-order valence-corrected chi connectivity index (χ1v) is 9.25. The van der Waals surface area contributed by atoms with E-state index in [0.717, 1.165) is 18.4 Å². The molecule has 8 nitrogen and oxygen atoms in total. The van der Waals surface area contributed by atoms with E-state index >= 15 is 0 Å². The van der Waals surface area contributed by atoms with Crippen molar-refractivity contribution >= 4 is 34.4 Å². The van der Waals surface area contributed by atoms with E-state index in [4.69, 9.17) is 16.8 Å². The van der Waals surface area contributed by atoms with Crippen LogP contribution >= 0.6 is 11.8 Å². The van der Waals surface area contributed by atoms with E-state index in [1.165, 1.54) is 21.7 Å². The van der Waals surface area contributed by atoms with E-state index in [2.05, 4.69) is 4.99 Å². The van der Waals surface area contributed by atoms with Gasteiger partial charge < -0.3 is 5.73 Å². The number of nitrogens with two attached hydrogens (primary N) is 2. The Morgan fingerprint density at radius 2 is 2.19 bits per heavy atom. The summed E-state index contributed by atoms with van der Waals surface area (Å²) in [7, 11) is 0. The fourth-order valence-electron chi connectivity index (χ4n) is 2.58. The third kappa shape index (κ3) is 4.97. The summed E-state index contributed by atoms with van der Waals surface area (Å²) in [5.74, 6) is 5.85. The molecular weight excluding hydrogens is 352 g/mol. The maximum absolute atomic E-state index is 12.4. The zero-order valence-electron chi connectivity index (χ0n) is 14.6. The summed E-state index contributed by atoms with van der Waals surface area (Å²) in [6.07, 6.45) is 3.95. The van der Waals surface area contributed by atoms with Gasteiger partial charge in [-0.15, -0.1) is 4.99 Å². The van der Waals surface area contributed by atoms with E-state index in [0.29, 0.717) is 41.7 Å². The van der Waals surface area contributed by atoms with Crippen molar-refractivity contribution in [2.45, 2.75) is 26.2 Å². The molecule has 0 unspecified atom stereocenters. The molecule has 1 fully saturated rings. The number of nitrogens with zero attached hydrogens (tertiary/aromatic N) is 4. The Bertz CT molecular complexity index is 758. The average molecular weight is 374 g/mol. The van der Waals surface area contributed by atoms with Crippen molar-refractivity contribution < 1.29 is 9.59 Å². The lowest BCUT2D eigenvalue weighted by molar-refractivity contribution is -0.124. The van der Waals surface area contributed by atoms with Crippen LogP contribution in [0.4, 0.5) is 5.69 Å². The molecule has 1 saturated heterocycles. The lowest BCUT2D eigenvalue weighted by Gasteiger charge is -2.18. The Morgan fingerprint density at radius 1 is 1.42 bits per heavy atom. The van der Waals surface area contributed by atoms with Gasteiger partial charge in [0.05, 0.1) is 11.3 Å². The van der Waals surface area contributed by atoms with Crippen molar-refractivity contribution in [2.24, 2.45) is 10.8 Å². The van der Waals surface area contributed by atoms with Gasteiger partial charge in [-0.05, 0) is 38.3 Å². The quantitative estimate of drug-likeness (QED) is 0.186. The fraction of sp³-hybridized carbons (Fsp3) is 0.412. The van der Waals surface area contributed by atoms with Crippen LogP contribution in [0.1, 0.15) is 35.2 Å². The Morgan fingerprint density at radius 3 is 2.92 bits per heavy atom. The van der Waals surface area contributed by atoms with E-state index in [-0.39, 0.29) is 11.8 Å². The van der Waals surface area contributed by atoms with Crippen LogP contribution in [0.15, 0.2) is 23.2 Å². The van der Waals surface area contributed by atoms with E-state index < -0.39 is 0 Å². The zero-order valence-corrected chi connectivity index (χ0v) is 15.5. The molecule has 1 aliphatic rings. The highest BCUT2D eigenvalue weighted by molar-refractivity contribution is 8.15. The number of amides is 2. The number of aryl methyl sites for hydroxylation is 1. The smallest absolute Gasteiger partial charge is 0.269 e. The summed E-state index contributed by atoms with van der Waals surface area (Å²) < 4.78 is 0. The predicted octanol–water partition coefficient (Wildman–Crippen LogP) is 1.48. The molecule has 0 aromatic heterocycles. The number of thioether (sulfide) groups is 1. The SMILES string of the molecule is Cc1ccc(N)c(C(=O)N(N)CCCCCN2C(=O)CSC2=NC#N)c1. The van der Waals surface area contributed by atoms with Gasteiger partial charge in [-0.1, -0.05) is 23.4 Å². The monoisotopic (exact) mass is 374 g/mol. The lowest BCUT2D eigenvalue weighted by atomic mass is 10.1. The number of anilines is 1. The minimum atomic E-state index is -0.305. The van der Waals surface area contributed by atoms with E-state index in [1.54, 1.807) is 18.3 Å². The standard InChI is InChI=1S/C17H22N6O2S/c1-12-5-6-14(19)13(9-12)16(25)23(20)8-4-2-3-7-22-15(24)10-26-17(22)21-11-18/h5-6,9H,2-4,7-8,10,19-20H2,1H3. The zero-order chi connectivity index (χ0) is 19.1. The summed E-state index contributed by atoms with van der Waals surface area (Å²) in [5, 5.41) is 10.3. The molecule has 9 heteroatoms. The van der Waals surface area contributed by atoms with Crippen molar-refractivity contribution in [1.82, 2.24) is 9.91 Å². The fourth-order valence-corrected chi connectivity index (χ4v) is 3.45. The first-order valence-electron chi connectivity index (χ1n) is 8.26.